The van der Waals surface area contributed by atoms with Crippen LogP contribution in [0.1, 0.15) is 18.9 Å². The maximum Gasteiger partial charge on any atom is 0.271 e. The Labute approximate surface area is 196 Å². The fraction of sp³-hybridized carbons (Fsp3) is 0.280. The van der Waals surface area contributed by atoms with Crippen molar-refractivity contribution in [3.05, 3.63) is 70.3 Å². The van der Waals surface area contributed by atoms with Crippen molar-refractivity contribution in [2.75, 3.05) is 31.7 Å². The lowest BCUT2D eigenvalue weighted by molar-refractivity contribution is -0.384. The summed E-state index contributed by atoms with van der Waals surface area (Å²) in [5.41, 5.74) is 0.910. The van der Waals surface area contributed by atoms with Crippen LogP contribution in [0.2, 0.25) is 0 Å². The van der Waals surface area contributed by atoms with Crippen LogP contribution in [0.5, 0.6) is 11.5 Å². The summed E-state index contributed by atoms with van der Waals surface area (Å²) in [5.74, 6) is 0.280. The van der Waals surface area contributed by atoms with E-state index in [1.54, 1.807) is 7.05 Å². The normalized spacial score (nSPS) is 12.8. The predicted octanol–water partition coefficient (Wildman–Crippen LogP) is 3.92. The first-order chi connectivity index (χ1) is 16.4. The molecule has 0 saturated carbocycles. The molecule has 0 saturated heterocycles. The molecule has 9 nitrogen and oxygen atoms in total. The number of non-ortho nitro benzene ring substituents is 1. The van der Waals surface area contributed by atoms with Gasteiger partial charge in [0, 0.05) is 31.3 Å². The van der Waals surface area contributed by atoms with E-state index < -0.39 is 10.8 Å². The average Bonchev–Trinajstić information content (AvgIpc) is 2.84. The molecule has 0 N–H and O–H groups in total. The van der Waals surface area contributed by atoms with Crippen LogP contribution in [-0.4, -0.2) is 48.4 Å². The zero-order chi connectivity index (χ0) is 24.2. The van der Waals surface area contributed by atoms with Gasteiger partial charge in [0.05, 0.1) is 17.2 Å². The number of rotatable bonds is 8. The van der Waals surface area contributed by atoms with E-state index in [1.165, 1.54) is 28.0 Å². The molecule has 4 rings (SSSR count). The number of nitro benzene ring substituents is 1. The smallest absolute Gasteiger partial charge is 0.271 e. The lowest BCUT2D eigenvalue weighted by atomic mass is 10.0. The molecule has 0 atom stereocenters. The van der Waals surface area contributed by atoms with Gasteiger partial charge in [-0.15, -0.1) is 0 Å². The number of carbonyl (C=O) groups excluding carboxylic acids is 2. The quantitative estimate of drug-likeness (QED) is 0.371. The van der Waals surface area contributed by atoms with Crippen LogP contribution in [0.4, 0.5) is 11.4 Å². The van der Waals surface area contributed by atoms with Gasteiger partial charge in [-0.2, -0.15) is 0 Å². The molecule has 34 heavy (non-hydrogen) atoms. The fourth-order valence-corrected chi connectivity index (χ4v) is 3.89. The first kappa shape index (κ1) is 23.0. The van der Waals surface area contributed by atoms with E-state index in [-0.39, 0.29) is 37.0 Å². The molecule has 1 aliphatic rings. The first-order valence-corrected chi connectivity index (χ1v) is 11.0. The third-order valence-electron chi connectivity index (χ3n) is 5.67. The second-order valence-corrected chi connectivity index (χ2v) is 8.04. The summed E-state index contributed by atoms with van der Waals surface area (Å²) in [6, 6.07) is 15.8. The van der Waals surface area contributed by atoms with E-state index in [4.69, 9.17) is 9.47 Å². The maximum atomic E-state index is 13.2. The van der Waals surface area contributed by atoms with Gasteiger partial charge in [0.25, 0.3) is 11.6 Å². The standard InChI is InChI=1S/C25H25N3O6/c1-3-12-33-22-10-8-17-6-4-5-7-19(17)20(22)14-26(2)24(29)15-27-21-13-18(28(31)32)9-11-23(21)34-16-25(27)30/h4-11,13H,3,12,14-16H2,1-2H3. The summed E-state index contributed by atoms with van der Waals surface area (Å²) in [7, 11) is 1.66. The number of fused-ring (bicyclic) bond motifs is 2. The fourth-order valence-electron chi connectivity index (χ4n) is 3.89. The zero-order valence-corrected chi connectivity index (χ0v) is 19.0. The molecule has 0 unspecified atom stereocenters. The third-order valence-corrected chi connectivity index (χ3v) is 5.67. The Morgan fingerprint density at radius 2 is 2.00 bits per heavy atom. The molecule has 1 heterocycles. The number of benzene rings is 3. The number of ether oxygens (including phenoxy) is 2. The topological polar surface area (TPSA) is 102 Å². The van der Waals surface area contributed by atoms with Gasteiger partial charge >= 0.3 is 0 Å². The molecule has 0 fully saturated rings. The highest BCUT2D eigenvalue weighted by Crippen LogP contribution is 2.35. The van der Waals surface area contributed by atoms with Crippen molar-refractivity contribution in [3.8, 4) is 11.5 Å². The van der Waals surface area contributed by atoms with E-state index in [1.807, 2.05) is 43.3 Å². The minimum Gasteiger partial charge on any atom is -0.493 e. The van der Waals surface area contributed by atoms with Crippen molar-refractivity contribution >= 4 is 34.0 Å². The molecule has 1 aliphatic heterocycles. The number of nitrogens with zero attached hydrogens (tertiary/aromatic N) is 3. The lowest BCUT2D eigenvalue weighted by Crippen LogP contribution is -2.45. The van der Waals surface area contributed by atoms with Gasteiger partial charge in [0.1, 0.15) is 18.0 Å². The second kappa shape index (κ2) is 9.78. The average molecular weight is 463 g/mol. The van der Waals surface area contributed by atoms with Crippen LogP contribution in [0.15, 0.2) is 54.6 Å². The maximum absolute atomic E-state index is 13.2. The highest BCUT2D eigenvalue weighted by molar-refractivity contribution is 6.02. The Morgan fingerprint density at radius 3 is 2.76 bits per heavy atom. The molecule has 0 aromatic heterocycles. The molecule has 0 radical (unpaired) electrons. The van der Waals surface area contributed by atoms with E-state index >= 15 is 0 Å². The number of anilines is 1. The van der Waals surface area contributed by atoms with Crippen LogP contribution < -0.4 is 14.4 Å². The van der Waals surface area contributed by atoms with Gasteiger partial charge in [-0.25, -0.2) is 0 Å². The Balaban J connectivity index is 1.59. The van der Waals surface area contributed by atoms with Gasteiger partial charge in [-0.1, -0.05) is 37.3 Å². The van der Waals surface area contributed by atoms with Crippen LogP contribution >= 0.6 is 0 Å². The Bertz CT molecular complexity index is 1260. The van der Waals surface area contributed by atoms with E-state index in [2.05, 4.69) is 0 Å². The summed E-state index contributed by atoms with van der Waals surface area (Å²) < 4.78 is 11.3. The molecular formula is C25H25N3O6. The second-order valence-electron chi connectivity index (χ2n) is 8.04. The predicted molar refractivity (Wildman–Crippen MR) is 127 cm³/mol. The van der Waals surface area contributed by atoms with Crippen molar-refractivity contribution in [1.29, 1.82) is 0 Å². The van der Waals surface area contributed by atoms with Gasteiger partial charge in [0.15, 0.2) is 6.61 Å². The number of nitro groups is 1. The van der Waals surface area contributed by atoms with E-state index in [9.17, 15) is 19.7 Å². The van der Waals surface area contributed by atoms with E-state index in [0.717, 1.165) is 22.8 Å². The van der Waals surface area contributed by atoms with Gasteiger partial charge in [0.2, 0.25) is 5.91 Å². The number of hydrogen-bond donors (Lipinski definition) is 0. The number of carbonyl (C=O) groups is 2. The molecule has 2 amide bonds. The van der Waals surface area contributed by atoms with Crippen LogP contribution in [0, 0.1) is 10.1 Å². The highest BCUT2D eigenvalue weighted by Gasteiger charge is 2.30. The third kappa shape index (κ3) is 4.63. The minimum absolute atomic E-state index is 0.184. The molecule has 176 valence electrons. The summed E-state index contributed by atoms with van der Waals surface area (Å²) in [5, 5.41) is 13.2. The summed E-state index contributed by atoms with van der Waals surface area (Å²) in [4.78, 5) is 39.1. The summed E-state index contributed by atoms with van der Waals surface area (Å²) in [6.45, 7) is 2.36. The monoisotopic (exact) mass is 463 g/mol. The van der Waals surface area contributed by atoms with E-state index in [0.29, 0.717) is 18.1 Å². The Kier molecular flexibility index (Phi) is 6.62. The largest absolute Gasteiger partial charge is 0.493 e. The van der Waals surface area contributed by atoms with Crippen molar-refractivity contribution in [1.82, 2.24) is 4.90 Å². The van der Waals surface area contributed by atoms with Crippen molar-refractivity contribution in [2.24, 2.45) is 0 Å². The highest BCUT2D eigenvalue weighted by atomic mass is 16.6. The molecule has 0 bridgehead atoms. The molecular weight excluding hydrogens is 438 g/mol. The van der Waals surface area contributed by atoms with Crippen LogP contribution in [0.25, 0.3) is 10.8 Å². The SMILES string of the molecule is CCCOc1ccc2ccccc2c1CN(C)C(=O)CN1C(=O)COc2ccc([N+](=O)[O-])cc21. The van der Waals surface area contributed by atoms with Crippen LogP contribution in [-0.2, 0) is 16.1 Å². The molecule has 3 aromatic rings. The van der Waals surface area contributed by atoms with Crippen molar-refractivity contribution in [3.63, 3.8) is 0 Å². The number of likely N-dealkylation sites (N-methyl/N-ethyl adjacent to an activating group) is 1. The lowest BCUT2D eigenvalue weighted by Gasteiger charge is -2.30. The molecule has 0 spiro atoms. The molecule has 0 aliphatic carbocycles. The summed E-state index contributed by atoms with van der Waals surface area (Å²) >= 11 is 0. The first-order valence-electron chi connectivity index (χ1n) is 11.0. The van der Waals surface area contributed by atoms with Gasteiger partial charge in [-0.3, -0.25) is 24.6 Å². The van der Waals surface area contributed by atoms with Gasteiger partial charge < -0.3 is 14.4 Å². The Morgan fingerprint density at radius 1 is 1.21 bits per heavy atom. The zero-order valence-electron chi connectivity index (χ0n) is 19.0. The number of hydrogen-bond acceptors (Lipinski definition) is 6. The molecule has 3 aromatic carbocycles. The molecule has 9 heteroatoms. The van der Waals surface area contributed by atoms with Crippen molar-refractivity contribution in [2.45, 2.75) is 19.9 Å². The van der Waals surface area contributed by atoms with Crippen molar-refractivity contribution < 1.29 is 24.0 Å². The Hall–Kier alpha value is -4.14. The van der Waals surface area contributed by atoms with Gasteiger partial charge in [-0.05, 0) is 29.3 Å². The van der Waals surface area contributed by atoms with Crippen LogP contribution in [0.3, 0.4) is 0 Å². The summed E-state index contributed by atoms with van der Waals surface area (Å²) in [6.07, 6.45) is 0.853. The number of amides is 2. The minimum atomic E-state index is -0.552.